The molecule has 0 unspecified atom stereocenters. The van der Waals surface area contributed by atoms with E-state index in [2.05, 4.69) is 38.2 Å². The molecule has 0 bridgehead atoms. The first-order chi connectivity index (χ1) is 17.2. The number of nitrogens with one attached hydrogen (secondary N) is 1. The van der Waals surface area contributed by atoms with Gasteiger partial charge in [-0.1, -0.05) is 68.2 Å². The Bertz CT molecular complexity index is 1270. The summed E-state index contributed by atoms with van der Waals surface area (Å²) in [5, 5.41) is 4.10. The maximum atomic E-state index is 12.8. The summed E-state index contributed by atoms with van der Waals surface area (Å²) >= 11 is 12.1. The van der Waals surface area contributed by atoms with E-state index in [-0.39, 0.29) is 23.8 Å². The molecular weight excluding hydrogens is 495 g/mol. The smallest absolute Gasteiger partial charge is 0.265 e. The number of nitrogens with zero attached hydrogens (tertiary/aromatic N) is 1. The second-order valence-corrected chi connectivity index (χ2v) is 10.5. The summed E-state index contributed by atoms with van der Waals surface area (Å²) in [5.41, 5.74) is 4.36. The normalized spacial score (nSPS) is 13.2. The second kappa shape index (κ2) is 10.9. The Balaban J connectivity index is 1.42. The number of hydrogen-bond acceptors (Lipinski definition) is 3. The summed E-state index contributed by atoms with van der Waals surface area (Å²) in [6, 6.07) is 18.8. The molecule has 0 aliphatic carbocycles. The zero-order valence-corrected chi connectivity index (χ0v) is 22.2. The molecule has 0 saturated carbocycles. The highest BCUT2D eigenvalue weighted by Crippen LogP contribution is 2.38. The van der Waals surface area contributed by atoms with Gasteiger partial charge in [0, 0.05) is 22.2 Å². The van der Waals surface area contributed by atoms with Crippen LogP contribution in [-0.2, 0) is 23.2 Å². The highest BCUT2D eigenvalue weighted by molar-refractivity contribution is 6.35. The molecule has 0 spiro atoms. The average molecular weight is 525 g/mol. The van der Waals surface area contributed by atoms with Gasteiger partial charge in [0.25, 0.3) is 11.8 Å². The summed E-state index contributed by atoms with van der Waals surface area (Å²) < 4.78 is 5.68. The molecule has 0 radical (unpaired) electrons. The van der Waals surface area contributed by atoms with Crippen molar-refractivity contribution in [3.63, 3.8) is 0 Å². The van der Waals surface area contributed by atoms with Crippen LogP contribution in [-0.4, -0.2) is 25.0 Å². The highest BCUT2D eigenvalue weighted by atomic mass is 35.5. The van der Waals surface area contributed by atoms with Crippen LogP contribution in [0.5, 0.6) is 5.75 Å². The van der Waals surface area contributed by atoms with Gasteiger partial charge in [-0.25, -0.2) is 0 Å². The van der Waals surface area contributed by atoms with Crippen molar-refractivity contribution in [3.05, 3.63) is 93.0 Å². The molecule has 0 fully saturated rings. The van der Waals surface area contributed by atoms with Crippen LogP contribution in [0.15, 0.2) is 60.7 Å². The molecular formula is C29H30Cl2N2O3. The van der Waals surface area contributed by atoms with Gasteiger partial charge in [0.2, 0.25) is 0 Å². The molecule has 3 aromatic carbocycles. The molecule has 0 aromatic heterocycles. The van der Waals surface area contributed by atoms with Crippen molar-refractivity contribution in [1.82, 2.24) is 5.32 Å². The first-order valence-corrected chi connectivity index (χ1v) is 12.8. The molecule has 5 nitrogen and oxygen atoms in total. The van der Waals surface area contributed by atoms with Gasteiger partial charge in [-0.05, 0) is 71.3 Å². The van der Waals surface area contributed by atoms with Crippen molar-refractivity contribution in [1.29, 1.82) is 0 Å². The maximum Gasteiger partial charge on any atom is 0.265 e. The van der Waals surface area contributed by atoms with Crippen LogP contribution in [0.2, 0.25) is 10.0 Å². The number of hydrogen-bond donors (Lipinski definition) is 1. The fraction of sp³-hybridized carbons (Fsp3) is 0.310. The third-order valence-corrected chi connectivity index (χ3v) is 7.41. The average Bonchev–Trinajstić information content (AvgIpc) is 2.87. The fourth-order valence-corrected chi connectivity index (χ4v) is 4.58. The van der Waals surface area contributed by atoms with Gasteiger partial charge < -0.3 is 15.0 Å². The van der Waals surface area contributed by atoms with Gasteiger partial charge in [-0.3, -0.25) is 9.59 Å². The number of rotatable bonds is 8. The number of halogens is 2. The molecule has 1 N–H and O–H groups in total. The van der Waals surface area contributed by atoms with Crippen molar-refractivity contribution in [2.75, 3.05) is 18.1 Å². The molecule has 36 heavy (non-hydrogen) atoms. The van der Waals surface area contributed by atoms with Gasteiger partial charge >= 0.3 is 0 Å². The minimum absolute atomic E-state index is 0.00486. The van der Waals surface area contributed by atoms with E-state index in [9.17, 15) is 9.59 Å². The Kier molecular flexibility index (Phi) is 7.91. The zero-order chi connectivity index (χ0) is 25.9. The van der Waals surface area contributed by atoms with E-state index in [4.69, 9.17) is 27.9 Å². The molecule has 2 amide bonds. The van der Waals surface area contributed by atoms with Crippen LogP contribution in [0, 0.1) is 0 Å². The lowest BCUT2D eigenvalue weighted by molar-refractivity contribution is -0.121. The minimum atomic E-state index is -0.161. The lowest BCUT2D eigenvalue weighted by Crippen LogP contribution is -2.38. The molecule has 0 saturated heterocycles. The predicted molar refractivity (Wildman–Crippen MR) is 145 cm³/mol. The second-order valence-electron chi connectivity index (χ2n) is 9.63. The number of carbonyl (C=O) groups excluding carboxylic acids is 2. The van der Waals surface area contributed by atoms with E-state index in [0.29, 0.717) is 40.9 Å². The number of ether oxygens (including phenoxy) is 1. The molecule has 188 valence electrons. The first kappa shape index (κ1) is 26.1. The van der Waals surface area contributed by atoms with Gasteiger partial charge in [0.05, 0.1) is 12.2 Å². The highest BCUT2D eigenvalue weighted by Gasteiger charge is 2.28. The number of anilines is 1. The predicted octanol–water partition coefficient (Wildman–Crippen LogP) is 6.58. The third kappa shape index (κ3) is 5.85. The van der Waals surface area contributed by atoms with E-state index in [0.717, 1.165) is 23.2 Å². The van der Waals surface area contributed by atoms with Crippen molar-refractivity contribution >= 4 is 40.7 Å². The van der Waals surface area contributed by atoms with Crippen molar-refractivity contribution < 1.29 is 14.3 Å². The standard InChI is InChI=1S/C29H30Cl2N2O3/c1-4-29(2,3)22-10-12-26-25(15-22)33(27(34)18-36-26)17-19-5-7-21(8-6-19)28(35)32-14-13-20-9-11-23(30)16-24(20)31/h5-12,15-16H,4,13-14,17-18H2,1-3H3,(H,32,35). The molecule has 1 aliphatic heterocycles. The molecule has 4 rings (SSSR count). The summed E-state index contributed by atoms with van der Waals surface area (Å²) in [4.78, 5) is 27.1. The van der Waals surface area contributed by atoms with Gasteiger partial charge in [-0.15, -0.1) is 0 Å². The molecule has 1 heterocycles. The van der Waals surface area contributed by atoms with Crippen LogP contribution < -0.4 is 15.0 Å². The summed E-state index contributed by atoms with van der Waals surface area (Å²) in [7, 11) is 0. The Hall–Kier alpha value is -3.02. The number of amides is 2. The van der Waals surface area contributed by atoms with Gasteiger partial charge in [-0.2, -0.15) is 0 Å². The minimum Gasteiger partial charge on any atom is -0.482 e. The van der Waals surface area contributed by atoms with E-state index in [1.54, 1.807) is 29.2 Å². The molecule has 3 aromatic rings. The Morgan fingerprint density at radius 1 is 1.06 bits per heavy atom. The van der Waals surface area contributed by atoms with Crippen LogP contribution >= 0.6 is 23.2 Å². The topological polar surface area (TPSA) is 58.6 Å². The van der Waals surface area contributed by atoms with E-state index in [1.807, 2.05) is 24.3 Å². The molecule has 7 heteroatoms. The number of fused-ring (bicyclic) bond motifs is 1. The summed E-state index contributed by atoms with van der Waals surface area (Å²) in [6.45, 7) is 7.42. The first-order valence-electron chi connectivity index (χ1n) is 12.1. The third-order valence-electron chi connectivity index (χ3n) is 6.82. The van der Waals surface area contributed by atoms with Crippen LogP contribution in [0.3, 0.4) is 0 Å². The van der Waals surface area contributed by atoms with Crippen molar-refractivity contribution in [2.45, 2.75) is 45.6 Å². The van der Waals surface area contributed by atoms with Crippen molar-refractivity contribution in [3.8, 4) is 5.75 Å². The quantitative estimate of drug-likeness (QED) is 0.362. The zero-order valence-electron chi connectivity index (χ0n) is 20.7. The van der Waals surface area contributed by atoms with E-state index < -0.39 is 0 Å². The van der Waals surface area contributed by atoms with Gasteiger partial charge in [0.1, 0.15) is 5.75 Å². The maximum absolute atomic E-state index is 12.8. The Morgan fingerprint density at radius 2 is 1.81 bits per heavy atom. The van der Waals surface area contributed by atoms with Gasteiger partial charge in [0.15, 0.2) is 6.61 Å². The van der Waals surface area contributed by atoms with Crippen LogP contribution in [0.25, 0.3) is 0 Å². The summed E-state index contributed by atoms with van der Waals surface area (Å²) in [5.74, 6) is 0.463. The lowest BCUT2D eigenvalue weighted by atomic mass is 9.82. The van der Waals surface area contributed by atoms with E-state index in [1.165, 1.54) is 5.56 Å². The summed E-state index contributed by atoms with van der Waals surface area (Å²) in [6.07, 6.45) is 1.59. The molecule has 0 atom stereocenters. The number of carbonyl (C=O) groups is 2. The lowest BCUT2D eigenvalue weighted by Gasteiger charge is -2.32. The Labute approximate surface area is 222 Å². The largest absolute Gasteiger partial charge is 0.482 e. The SMILES string of the molecule is CCC(C)(C)c1ccc2c(c1)N(Cc1ccc(C(=O)NCCc3ccc(Cl)cc3Cl)cc1)C(=O)CO2. The van der Waals surface area contributed by atoms with Crippen LogP contribution in [0.1, 0.15) is 54.2 Å². The molecule has 1 aliphatic rings. The van der Waals surface area contributed by atoms with E-state index >= 15 is 0 Å². The number of benzene rings is 3. The van der Waals surface area contributed by atoms with Crippen LogP contribution in [0.4, 0.5) is 5.69 Å². The Morgan fingerprint density at radius 3 is 2.50 bits per heavy atom. The van der Waals surface area contributed by atoms with Crippen molar-refractivity contribution in [2.24, 2.45) is 0 Å². The fourth-order valence-electron chi connectivity index (χ4n) is 4.08. The monoisotopic (exact) mass is 524 g/mol.